The van der Waals surface area contributed by atoms with E-state index in [2.05, 4.69) is 168 Å². The van der Waals surface area contributed by atoms with Crippen LogP contribution in [-0.4, -0.2) is 4.57 Å². The van der Waals surface area contributed by atoms with Crippen molar-refractivity contribution in [2.75, 3.05) is 0 Å². The van der Waals surface area contributed by atoms with Crippen molar-refractivity contribution >= 4 is 54.1 Å². The standard InChI is InChI=1S/C42H27N/c1-2-14-35-33(12-1)34-13-3-4-15-36(34)40-27-31(24-25-37(35)40)29-22-20-28(21-23-29)30-10-9-11-32(26-30)43-41-18-7-5-16-38(41)39-17-6-8-19-42(39)43/h1-27H. The second-order valence-corrected chi connectivity index (χ2v) is 11.3. The molecule has 1 aromatic heterocycles. The lowest BCUT2D eigenvalue weighted by Gasteiger charge is -2.13. The van der Waals surface area contributed by atoms with Crippen LogP contribution >= 0.6 is 0 Å². The van der Waals surface area contributed by atoms with E-state index in [9.17, 15) is 0 Å². The van der Waals surface area contributed by atoms with Crippen LogP contribution in [0.25, 0.3) is 82.1 Å². The summed E-state index contributed by atoms with van der Waals surface area (Å²) >= 11 is 0. The Bertz CT molecular complexity index is 2410. The molecule has 0 spiro atoms. The molecule has 1 nitrogen and oxygen atoms in total. The van der Waals surface area contributed by atoms with Gasteiger partial charge >= 0.3 is 0 Å². The van der Waals surface area contributed by atoms with Gasteiger partial charge in [0.1, 0.15) is 0 Å². The first-order valence-electron chi connectivity index (χ1n) is 14.9. The second-order valence-electron chi connectivity index (χ2n) is 11.3. The zero-order valence-electron chi connectivity index (χ0n) is 23.5. The normalized spacial score (nSPS) is 11.7. The van der Waals surface area contributed by atoms with E-state index in [0.29, 0.717) is 0 Å². The van der Waals surface area contributed by atoms with Crippen molar-refractivity contribution in [1.29, 1.82) is 0 Å². The number of para-hydroxylation sites is 2. The molecule has 200 valence electrons. The minimum atomic E-state index is 1.17. The molecule has 0 bridgehead atoms. The fourth-order valence-corrected chi connectivity index (χ4v) is 6.97. The number of benzene rings is 8. The van der Waals surface area contributed by atoms with E-state index in [1.54, 1.807) is 0 Å². The van der Waals surface area contributed by atoms with Gasteiger partial charge in [0.15, 0.2) is 0 Å². The molecule has 0 aliphatic carbocycles. The highest BCUT2D eigenvalue weighted by Crippen LogP contribution is 2.38. The van der Waals surface area contributed by atoms with Crippen LogP contribution in [0.1, 0.15) is 0 Å². The molecule has 0 N–H and O–H groups in total. The van der Waals surface area contributed by atoms with Crippen molar-refractivity contribution in [3.05, 3.63) is 164 Å². The van der Waals surface area contributed by atoms with E-state index >= 15 is 0 Å². The predicted molar refractivity (Wildman–Crippen MR) is 184 cm³/mol. The van der Waals surface area contributed by atoms with Gasteiger partial charge in [0.2, 0.25) is 0 Å². The summed E-state index contributed by atoms with van der Waals surface area (Å²) in [5, 5.41) is 10.4. The molecule has 1 heterocycles. The van der Waals surface area contributed by atoms with Crippen LogP contribution in [0.5, 0.6) is 0 Å². The molecule has 9 aromatic rings. The maximum absolute atomic E-state index is 2.38. The quantitative estimate of drug-likeness (QED) is 0.195. The monoisotopic (exact) mass is 545 g/mol. The highest BCUT2D eigenvalue weighted by atomic mass is 15.0. The highest BCUT2D eigenvalue weighted by Gasteiger charge is 2.13. The van der Waals surface area contributed by atoms with Gasteiger partial charge in [-0.05, 0) is 84.9 Å². The van der Waals surface area contributed by atoms with Crippen LogP contribution in [-0.2, 0) is 0 Å². The van der Waals surface area contributed by atoms with E-state index in [1.807, 2.05) is 0 Å². The van der Waals surface area contributed by atoms with Crippen molar-refractivity contribution in [1.82, 2.24) is 4.57 Å². The van der Waals surface area contributed by atoms with Crippen molar-refractivity contribution in [3.8, 4) is 27.9 Å². The third kappa shape index (κ3) is 3.72. The summed E-state index contributed by atoms with van der Waals surface area (Å²) in [6.45, 7) is 0. The van der Waals surface area contributed by atoms with Crippen molar-refractivity contribution in [2.24, 2.45) is 0 Å². The maximum Gasteiger partial charge on any atom is 0.0541 e. The molecule has 0 radical (unpaired) electrons. The number of hydrogen-bond donors (Lipinski definition) is 0. The van der Waals surface area contributed by atoms with Crippen LogP contribution < -0.4 is 0 Å². The average molecular weight is 546 g/mol. The van der Waals surface area contributed by atoms with Crippen LogP contribution in [0.15, 0.2) is 164 Å². The Morgan fingerprint density at radius 1 is 0.256 bits per heavy atom. The first kappa shape index (κ1) is 24.0. The van der Waals surface area contributed by atoms with Gasteiger partial charge in [-0.3, -0.25) is 0 Å². The molecular weight excluding hydrogens is 518 g/mol. The Kier molecular flexibility index (Phi) is 5.27. The number of rotatable bonds is 3. The fraction of sp³-hybridized carbons (Fsp3) is 0. The van der Waals surface area contributed by atoms with E-state index in [1.165, 1.54) is 82.1 Å². The van der Waals surface area contributed by atoms with Gasteiger partial charge in [-0.25, -0.2) is 0 Å². The molecule has 0 aliphatic heterocycles. The summed E-state index contributed by atoms with van der Waals surface area (Å²) in [6, 6.07) is 59.7. The molecule has 0 saturated heterocycles. The molecule has 0 unspecified atom stereocenters. The summed E-state index contributed by atoms with van der Waals surface area (Å²) < 4.78 is 2.38. The van der Waals surface area contributed by atoms with Crippen molar-refractivity contribution < 1.29 is 0 Å². The number of fused-ring (bicyclic) bond motifs is 9. The van der Waals surface area contributed by atoms with E-state index in [-0.39, 0.29) is 0 Å². The summed E-state index contributed by atoms with van der Waals surface area (Å²) in [4.78, 5) is 0. The number of aromatic nitrogens is 1. The van der Waals surface area contributed by atoms with Gasteiger partial charge in [-0.2, -0.15) is 0 Å². The Morgan fingerprint density at radius 3 is 1.23 bits per heavy atom. The average Bonchev–Trinajstić information content (AvgIpc) is 3.43. The minimum Gasteiger partial charge on any atom is -0.309 e. The predicted octanol–water partition coefficient (Wildman–Crippen LogP) is 11.6. The third-order valence-corrected chi connectivity index (χ3v) is 8.98. The third-order valence-electron chi connectivity index (χ3n) is 8.98. The molecule has 0 aliphatic rings. The molecule has 8 aromatic carbocycles. The smallest absolute Gasteiger partial charge is 0.0541 e. The number of nitrogens with zero attached hydrogens (tertiary/aromatic N) is 1. The lowest BCUT2D eigenvalue weighted by Crippen LogP contribution is -1.94. The zero-order chi connectivity index (χ0) is 28.3. The van der Waals surface area contributed by atoms with Crippen LogP contribution in [0.3, 0.4) is 0 Å². The SMILES string of the molecule is c1cc(-c2ccc(-c3ccc4c5ccccc5c5ccccc5c4c3)cc2)cc(-n2c3ccccc3c3ccccc32)c1. The molecule has 0 fully saturated rings. The van der Waals surface area contributed by atoms with E-state index in [0.717, 1.165) is 0 Å². The molecule has 0 atom stereocenters. The minimum absolute atomic E-state index is 1.17. The van der Waals surface area contributed by atoms with Crippen molar-refractivity contribution in [2.45, 2.75) is 0 Å². The largest absolute Gasteiger partial charge is 0.309 e. The molecule has 1 heteroatoms. The van der Waals surface area contributed by atoms with Crippen LogP contribution in [0.2, 0.25) is 0 Å². The Morgan fingerprint density at radius 2 is 0.674 bits per heavy atom. The van der Waals surface area contributed by atoms with Crippen molar-refractivity contribution in [3.63, 3.8) is 0 Å². The summed E-state index contributed by atoms with van der Waals surface area (Å²) in [7, 11) is 0. The fourth-order valence-electron chi connectivity index (χ4n) is 6.97. The first-order chi connectivity index (χ1) is 21.3. The summed E-state index contributed by atoms with van der Waals surface area (Å²) in [5.74, 6) is 0. The molecule has 0 saturated carbocycles. The highest BCUT2D eigenvalue weighted by molar-refractivity contribution is 6.25. The lowest BCUT2D eigenvalue weighted by atomic mass is 9.92. The Labute approximate surface area is 249 Å². The second kappa shape index (κ2) is 9.44. The van der Waals surface area contributed by atoms with E-state index in [4.69, 9.17) is 0 Å². The maximum atomic E-state index is 2.38. The summed E-state index contributed by atoms with van der Waals surface area (Å²) in [5.41, 5.74) is 8.51. The first-order valence-corrected chi connectivity index (χ1v) is 14.9. The van der Waals surface area contributed by atoms with Gasteiger partial charge in [-0.1, -0.05) is 133 Å². The van der Waals surface area contributed by atoms with Gasteiger partial charge in [-0.15, -0.1) is 0 Å². The summed E-state index contributed by atoms with van der Waals surface area (Å²) in [6.07, 6.45) is 0. The van der Waals surface area contributed by atoms with Gasteiger partial charge < -0.3 is 4.57 Å². The van der Waals surface area contributed by atoms with Gasteiger partial charge in [0, 0.05) is 16.5 Å². The molecule has 0 amide bonds. The Balaban J connectivity index is 1.13. The van der Waals surface area contributed by atoms with Gasteiger partial charge in [0.05, 0.1) is 11.0 Å². The molecular formula is C42H27N. The van der Waals surface area contributed by atoms with Gasteiger partial charge in [0.25, 0.3) is 0 Å². The molecule has 9 rings (SSSR count). The van der Waals surface area contributed by atoms with Crippen LogP contribution in [0.4, 0.5) is 0 Å². The zero-order valence-corrected chi connectivity index (χ0v) is 23.5. The lowest BCUT2D eigenvalue weighted by molar-refractivity contribution is 1.18. The van der Waals surface area contributed by atoms with Crippen LogP contribution in [0, 0.1) is 0 Å². The number of hydrogen-bond acceptors (Lipinski definition) is 0. The molecule has 43 heavy (non-hydrogen) atoms. The Hall–Kier alpha value is -5.66. The van der Waals surface area contributed by atoms with E-state index < -0.39 is 0 Å². The topological polar surface area (TPSA) is 4.93 Å².